The largest absolute Gasteiger partial charge is 0.240 e. The molecule has 0 spiro atoms. The average Bonchev–Trinajstić information content (AvgIpc) is 1.69. The van der Waals surface area contributed by atoms with Crippen LogP contribution in [0.15, 0.2) is 0 Å². The zero-order chi connectivity index (χ0) is 5.54. The molecule has 0 aromatic heterocycles. The molecule has 0 unspecified atom stereocenters. The summed E-state index contributed by atoms with van der Waals surface area (Å²) < 4.78 is 0. The first-order valence-electron chi connectivity index (χ1n) is 2.13. The standard InChI is InChI=1S/C4H9ClO2/c1-6-7-4-2-3-5/h2-4H2,1H3. The van der Waals surface area contributed by atoms with Gasteiger partial charge in [-0.05, 0) is 6.42 Å². The van der Waals surface area contributed by atoms with Crippen molar-refractivity contribution in [2.75, 3.05) is 19.6 Å². The van der Waals surface area contributed by atoms with Gasteiger partial charge in [0.1, 0.15) is 0 Å². The molecule has 3 heteroatoms. The maximum absolute atomic E-state index is 5.30. The van der Waals surface area contributed by atoms with Gasteiger partial charge in [-0.15, -0.1) is 11.6 Å². The Morgan fingerprint density at radius 2 is 2.29 bits per heavy atom. The normalized spacial score (nSPS) is 9.43. The minimum absolute atomic E-state index is 0.583. The molecule has 0 aromatic carbocycles. The number of halogens is 1. The van der Waals surface area contributed by atoms with Gasteiger partial charge >= 0.3 is 0 Å². The maximum Gasteiger partial charge on any atom is 0.0833 e. The molecule has 7 heavy (non-hydrogen) atoms. The van der Waals surface area contributed by atoms with E-state index >= 15 is 0 Å². The molecular weight excluding hydrogens is 115 g/mol. The molecule has 0 aliphatic heterocycles. The van der Waals surface area contributed by atoms with E-state index in [0.717, 1.165) is 6.42 Å². The van der Waals surface area contributed by atoms with Crippen LogP contribution < -0.4 is 0 Å². The van der Waals surface area contributed by atoms with E-state index in [-0.39, 0.29) is 0 Å². The van der Waals surface area contributed by atoms with Crippen LogP contribution in [0.25, 0.3) is 0 Å². The predicted molar refractivity (Wildman–Crippen MR) is 28.3 cm³/mol. The number of rotatable bonds is 4. The van der Waals surface area contributed by atoms with E-state index in [1.54, 1.807) is 0 Å². The van der Waals surface area contributed by atoms with Crippen molar-refractivity contribution in [3.63, 3.8) is 0 Å². The monoisotopic (exact) mass is 124 g/mol. The summed E-state index contributed by atoms with van der Waals surface area (Å²) in [5, 5.41) is 0. The number of hydrogen-bond acceptors (Lipinski definition) is 2. The molecule has 0 rings (SSSR count). The topological polar surface area (TPSA) is 18.5 Å². The second-order valence-electron chi connectivity index (χ2n) is 1.03. The van der Waals surface area contributed by atoms with Gasteiger partial charge in [-0.3, -0.25) is 0 Å². The van der Waals surface area contributed by atoms with E-state index in [1.807, 2.05) is 0 Å². The molecular formula is C4H9ClO2. The Hall–Kier alpha value is 0.210. The lowest BCUT2D eigenvalue weighted by Gasteiger charge is -1.93. The first kappa shape index (κ1) is 7.21. The third kappa shape index (κ3) is 6.21. The van der Waals surface area contributed by atoms with E-state index in [1.165, 1.54) is 7.11 Å². The molecule has 0 aliphatic carbocycles. The Labute approximate surface area is 48.3 Å². The van der Waals surface area contributed by atoms with Crippen molar-refractivity contribution in [2.45, 2.75) is 6.42 Å². The van der Waals surface area contributed by atoms with Crippen molar-refractivity contribution < 1.29 is 9.78 Å². The van der Waals surface area contributed by atoms with E-state index < -0.39 is 0 Å². The molecule has 0 aliphatic rings. The first-order valence-corrected chi connectivity index (χ1v) is 2.67. The zero-order valence-electron chi connectivity index (χ0n) is 4.32. The molecule has 0 amide bonds. The molecule has 0 heterocycles. The summed E-state index contributed by atoms with van der Waals surface area (Å²) in [7, 11) is 1.48. The van der Waals surface area contributed by atoms with E-state index in [4.69, 9.17) is 11.6 Å². The molecule has 0 saturated carbocycles. The van der Waals surface area contributed by atoms with Crippen molar-refractivity contribution in [2.24, 2.45) is 0 Å². The van der Waals surface area contributed by atoms with E-state index in [0.29, 0.717) is 12.5 Å². The number of alkyl halides is 1. The minimum atomic E-state index is 0.583. The zero-order valence-corrected chi connectivity index (χ0v) is 5.07. The van der Waals surface area contributed by atoms with Gasteiger partial charge in [-0.25, -0.2) is 9.78 Å². The molecule has 0 atom stereocenters. The highest BCUT2D eigenvalue weighted by molar-refractivity contribution is 6.17. The smallest absolute Gasteiger partial charge is 0.0833 e. The van der Waals surface area contributed by atoms with Gasteiger partial charge in [0.15, 0.2) is 0 Å². The summed E-state index contributed by atoms with van der Waals surface area (Å²) in [4.78, 5) is 8.77. The Morgan fingerprint density at radius 1 is 1.57 bits per heavy atom. The average molecular weight is 125 g/mol. The van der Waals surface area contributed by atoms with Crippen molar-refractivity contribution in [1.29, 1.82) is 0 Å². The van der Waals surface area contributed by atoms with Crippen molar-refractivity contribution >= 4 is 11.6 Å². The predicted octanol–water partition coefficient (Wildman–Crippen LogP) is 1.19. The highest BCUT2D eigenvalue weighted by Crippen LogP contribution is 1.84. The molecule has 0 aromatic rings. The summed E-state index contributed by atoms with van der Waals surface area (Å²) in [6.45, 7) is 0.583. The van der Waals surface area contributed by atoms with Crippen LogP contribution in [0.1, 0.15) is 6.42 Å². The summed E-state index contributed by atoms with van der Waals surface area (Å²) in [5.41, 5.74) is 0. The summed E-state index contributed by atoms with van der Waals surface area (Å²) in [6, 6.07) is 0. The third-order valence-corrected chi connectivity index (χ3v) is 0.746. The highest BCUT2D eigenvalue weighted by atomic mass is 35.5. The van der Waals surface area contributed by atoms with E-state index in [9.17, 15) is 0 Å². The fourth-order valence-electron chi connectivity index (χ4n) is 0.197. The summed E-state index contributed by atoms with van der Waals surface area (Å²) in [5.74, 6) is 0.628. The molecule has 2 nitrogen and oxygen atoms in total. The van der Waals surface area contributed by atoms with Crippen molar-refractivity contribution in [3.05, 3.63) is 0 Å². The first-order chi connectivity index (χ1) is 3.41. The number of hydrogen-bond donors (Lipinski definition) is 0. The molecule has 0 fully saturated rings. The highest BCUT2D eigenvalue weighted by Gasteiger charge is 1.80. The van der Waals surface area contributed by atoms with Gasteiger partial charge in [0.25, 0.3) is 0 Å². The van der Waals surface area contributed by atoms with Gasteiger partial charge in [0.05, 0.1) is 13.7 Å². The van der Waals surface area contributed by atoms with Gasteiger partial charge in [-0.1, -0.05) is 0 Å². The van der Waals surface area contributed by atoms with Crippen LogP contribution in [-0.4, -0.2) is 19.6 Å². The van der Waals surface area contributed by atoms with Crippen LogP contribution in [0.5, 0.6) is 0 Å². The van der Waals surface area contributed by atoms with Gasteiger partial charge in [0, 0.05) is 5.88 Å². The van der Waals surface area contributed by atoms with Crippen LogP contribution in [-0.2, 0) is 9.78 Å². The Morgan fingerprint density at radius 3 is 2.71 bits per heavy atom. The molecule has 44 valence electrons. The lowest BCUT2D eigenvalue weighted by atomic mass is 10.5. The van der Waals surface area contributed by atoms with Crippen molar-refractivity contribution in [3.8, 4) is 0 Å². The van der Waals surface area contributed by atoms with Crippen LogP contribution in [0.2, 0.25) is 0 Å². The Kier molecular flexibility index (Phi) is 6.40. The fourth-order valence-corrected chi connectivity index (χ4v) is 0.306. The maximum atomic E-state index is 5.30. The fraction of sp³-hybridized carbons (Fsp3) is 1.00. The molecule has 0 radical (unpaired) electrons. The SMILES string of the molecule is COOCCCCl. The van der Waals surface area contributed by atoms with Crippen molar-refractivity contribution in [1.82, 2.24) is 0 Å². The second kappa shape index (κ2) is 6.21. The van der Waals surface area contributed by atoms with Gasteiger partial charge in [-0.2, -0.15) is 0 Å². The lowest BCUT2D eigenvalue weighted by molar-refractivity contribution is -0.271. The van der Waals surface area contributed by atoms with Crippen LogP contribution in [0, 0.1) is 0 Å². The lowest BCUT2D eigenvalue weighted by Crippen LogP contribution is -1.91. The second-order valence-corrected chi connectivity index (χ2v) is 1.41. The molecule has 0 bridgehead atoms. The van der Waals surface area contributed by atoms with Gasteiger partial charge < -0.3 is 0 Å². The van der Waals surface area contributed by atoms with E-state index in [2.05, 4.69) is 9.78 Å². The summed E-state index contributed by atoms with van der Waals surface area (Å²) >= 11 is 5.30. The quantitative estimate of drug-likeness (QED) is 0.243. The Balaban J connectivity index is 2.45. The minimum Gasteiger partial charge on any atom is -0.240 e. The van der Waals surface area contributed by atoms with Crippen LogP contribution >= 0.6 is 11.6 Å². The Bertz CT molecular complexity index is 28.9. The molecule has 0 saturated heterocycles. The van der Waals surface area contributed by atoms with Crippen LogP contribution in [0.4, 0.5) is 0 Å². The van der Waals surface area contributed by atoms with Gasteiger partial charge in [0.2, 0.25) is 0 Å². The summed E-state index contributed by atoms with van der Waals surface area (Å²) in [6.07, 6.45) is 0.843. The van der Waals surface area contributed by atoms with Crippen LogP contribution in [0.3, 0.4) is 0 Å². The third-order valence-electron chi connectivity index (χ3n) is 0.479. The molecule has 0 N–H and O–H groups in total.